The lowest BCUT2D eigenvalue weighted by atomic mass is 10.1. The van der Waals surface area contributed by atoms with Gasteiger partial charge < -0.3 is 0 Å². The standard InChI is InChI=1S/C15H15ClS/c1-10-7-11(2)15(12(3)8-10)17-14-6-4-5-13(16)9-14/h4-9H,1-3H3. The summed E-state index contributed by atoms with van der Waals surface area (Å²) in [6.45, 7) is 6.45. The van der Waals surface area contributed by atoms with Crippen molar-refractivity contribution in [3.63, 3.8) is 0 Å². The maximum Gasteiger partial charge on any atom is 0.0417 e. The van der Waals surface area contributed by atoms with Gasteiger partial charge in [0.2, 0.25) is 0 Å². The quantitative estimate of drug-likeness (QED) is 0.697. The van der Waals surface area contributed by atoms with Crippen LogP contribution < -0.4 is 0 Å². The lowest BCUT2D eigenvalue weighted by molar-refractivity contribution is 1.19. The fourth-order valence-corrected chi connectivity index (χ4v) is 3.24. The molecule has 0 nitrogen and oxygen atoms in total. The van der Waals surface area contributed by atoms with Crippen LogP contribution in [0.2, 0.25) is 5.02 Å². The molecule has 0 saturated carbocycles. The van der Waals surface area contributed by atoms with Crippen molar-refractivity contribution in [3.8, 4) is 0 Å². The summed E-state index contributed by atoms with van der Waals surface area (Å²) in [5.74, 6) is 0. The van der Waals surface area contributed by atoms with Crippen molar-refractivity contribution in [1.29, 1.82) is 0 Å². The Morgan fingerprint density at radius 3 is 2.18 bits per heavy atom. The summed E-state index contributed by atoms with van der Waals surface area (Å²) in [4.78, 5) is 2.52. The maximum atomic E-state index is 6.00. The van der Waals surface area contributed by atoms with Crippen LogP contribution in [0.4, 0.5) is 0 Å². The second-order valence-electron chi connectivity index (χ2n) is 4.29. The minimum absolute atomic E-state index is 0.789. The molecular weight excluding hydrogens is 248 g/mol. The molecule has 0 radical (unpaired) electrons. The molecule has 0 aromatic heterocycles. The first-order valence-electron chi connectivity index (χ1n) is 5.57. The number of benzene rings is 2. The Hall–Kier alpha value is -0.920. The van der Waals surface area contributed by atoms with Crippen molar-refractivity contribution in [2.45, 2.75) is 30.6 Å². The number of halogens is 1. The molecule has 88 valence electrons. The predicted octanol–water partition coefficient (Wildman–Crippen LogP) is 5.42. The third-order valence-corrected chi connectivity index (χ3v) is 4.19. The molecule has 0 aliphatic rings. The van der Waals surface area contributed by atoms with Crippen LogP contribution in [0.1, 0.15) is 16.7 Å². The van der Waals surface area contributed by atoms with E-state index in [1.165, 1.54) is 26.5 Å². The van der Waals surface area contributed by atoms with E-state index >= 15 is 0 Å². The molecule has 17 heavy (non-hydrogen) atoms. The molecule has 0 heterocycles. The van der Waals surface area contributed by atoms with Gasteiger partial charge in [0.25, 0.3) is 0 Å². The van der Waals surface area contributed by atoms with E-state index in [2.05, 4.69) is 39.0 Å². The number of hydrogen-bond acceptors (Lipinski definition) is 1. The van der Waals surface area contributed by atoms with E-state index in [-0.39, 0.29) is 0 Å². The summed E-state index contributed by atoms with van der Waals surface area (Å²) in [6.07, 6.45) is 0. The van der Waals surface area contributed by atoms with Gasteiger partial charge in [-0.25, -0.2) is 0 Å². The third kappa shape index (κ3) is 3.05. The Morgan fingerprint density at radius 1 is 0.941 bits per heavy atom. The SMILES string of the molecule is Cc1cc(C)c(Sc2cccc(Cl)c2)c(C)c1. The van der Waals surface area contributed by atoms with Gasteiger partial charge in [0.1, 0.15) is 0 Å². The van der Waals surface area contributed by atoms with Crippen LogP contribution in [0, 0.1) is 20.8 Å². The summed E-state index contributed by atoms with van der Waals surface area (Å²) >= 11 is 7.78. The Kier molecular flexibility index (Phi) is 3.80. The van der Waals surface area contributed by atoms with Gasteiger partial charge in [0, 0.05) is 14.8 Å². The van der Waals surface area contributed by atoms with Crippen molar-refractivity contribution < 1.29 is 0 Å². The molecule has 0 aliphatic carbocycles. The normalized spacial score (nSPS) is 10.6. The average Bonchev–Trinajstić information content (AvgIpc) is 2.23. The van der Waals surface area contributed by atoms with Crippen molar-refractivity contribution in [1.82, 2.24) is 0 Å². The summed E-state index contributed by atoms with van der Waals surface area (Å²) in [5, 5.41) is 0.789. The Morgan fingerprint density at radius 2 is 1.59 bits per heavy atom. The van der Waals surface area contributed by atoms with Crippen molar-refractivity contribution in [2.24, 2.45) is 0 Å². The summed E-state index contributed by atoms with van der Waals surface area (Å²) in [6, 6.07) is 12.4. The molecule has 2 aromatic rings. The summed E-state index contributed by atoms with van der Waals surface area (Å²) in [7, 11) is 0. The molecule has 0 spiro atoms. The lowest BCUT2D eigenvalue weighted by Crippen LogP contribution is -1.87. The largest absolute Gasteiger partial charge is 0.0895 e. The first-order chi connectivity index (χ1) is 8.06. The minimum atomic E-state index is 0.789. The van der Waals surface area contributed by atoms with E-state index in [0.717, 1.165) is 5.02 Å². The van der Waals surface area contributed by atoms with E-state index in [1.807, 2.05) is 18.2 Å². The minimum Gasteiger partial charge on any atom is -0.0895 e. The molecule has 0 unspecified atom stereocenters. The second kappa shape index (κ2) is 5.16. The van der Waals surface area contributed by atoms with Crippen LogP contribution in [0.25, 0.3) is 0 Å². The average molecular weight is 263 g/mol. The monoisotopic (exact) mass is 262 g/mol. The van der Waals surface area contributed by atoms with Crippen LogP contribution >= 0.6 is 23.4 Å². The Labute approximate surface area is 112 Å². The summed E-state index contributed by atoms with van der Waals surface area (Å²) < 4.78 is 0. The first-order valence-corrected chi connectivity index (χ1v) is 6.77. The first kappa shape index (κ1) is 12.5. The van der Waals surface area contributed by atoms with Crippen molar-refractivity contribution in [2.75, 3.05) is 0 Å². The Bertz CT molecular complexity index is 523. The highest BCUT2D eigenvalue weighted by atomic mass is 35.5. The molecule has 0 amide bonds. The number of aryl methyl sites for hydroxylation is 3. The van der Waals surface area contributed by atoms with E-state index in [0.29, 0.717) is 0 Å². The smallest absolute Gasteiger partial charge is 0.0417 e. The zero-order valence-corrected chi connectivity index (χ0v) is 11.8. The molecule has 0 atom stereocenters. The van der Waals surface area contributed by atoms with Gasteiger partial charge in [-0.1, -0.05) is 47.1 Å². The molecule has 0 saturated heterocycles. The molecule has 0 N–H and O–H groups in total. The van der Waals surface area contributed by atoms with Crippen LogP contribution in [-0.2, 0) is 0 Å². The van der Waals surface area contributed by atoms with Crippen LogP contribution in [0.5, 0.6) is 0 Å². The molecule has 0 aliphatic heterocycles. The van der Waals surface area contributed by atoms with Gasteiger partial charge in [0.05, 0.1) is 0 Å². The fourth-order valence-electron chi connectivity index (χ4n) is 1.98. The van der Waals surface area contributed by atoms with Gasteiger partial charge in [-0.3, -0.25) is 0 Å². The zero-order chi connectivity index (χ0) is 12.4. The maximum absolute atomic E-state index is 6.00. The highest BCUT2D eigenvalue weighted by Gasteiger charge is 2.06. The molecule has 2 heteroatoms. The Balaban J connectivity index is 2.36. The van der Waals surface area contributed by atoms with Crippen LogP contribution in [0.3, 0.4) is 0 Å². The van der Waals surface area contributed by atoms with E-state index in [4.69, 9.17) is 11.6 Å². The number of rotatable bonds is 2. The zero-order valence-electron chi connectivity index (χ0n) is 10.3. The van der Waals surface area contributed by atoms with E-state index in [1.54, 1.807) is 11.8 Å². The highest BCUT2D eigenvalue weighted by molar-refractivity contribution is 7.99. The predicted molar refractivity (Wildman–Crippen MR) is 76.2 cm³/mol. The topological polar surface area (TPSA) is 0 Å². The highest BCUT2D eigenvalue weighted by Crippen LogP contribution is 2.34. The van der Waals surface area contributed by atoms with Crippen molar-refractivity contribution in [3.05, 3.63) is 58.1 Å². The van der Waals surface area contributed by atoms with Gasteiger partial charge in [-0.2, -0.15) is 0 Å². The van der Waals surface area contributed by atoms with Gasteiger partial charge in [-0.05, 0) is 50.1 Å². The summed E-state index contributed by atoms with van der Waals surface area (Å²) in [5.41, 5.74) is 3.97. The second-order valence-corrected chi connectivity index (χ2v) is 5.81. The molecule has 2 aromatic carbocycles. The van der Waals surface area contributed by atoms with E-state index < -0.39 is 0 Å². The lowest BCUT2D eigenvalue weighted by Gasteiger charge is -2.10. The molecular formula is C15H15ClS. The van der Waals surface area contributed by atoms with Gasteiger partial charge in [0.15, 0.2) is 0 Å². The molecule has 2 rings (SSSR count). The van der Waals surface area contributed by atoms with Crippen LogP contribution in [-0.4, -0.2) is 0 Å². The van der Waals surface area contributed by atoms with Crippen molar-refractivity contribution >= 4 is 23.4 Å². The molecule has 0 fully saturated rings. The fraction of sp³-hybridized carbons (Fsp3) is 0.200. The third-order valence-electron chi connectivity index (χ3n) is 2.62. The van der Waals surface area contributed by atoms with Gasteiger partial charge in [-0.15, -0.1) is 0 Å². The van der Waals surface area contributed by atoms with Crippen LogP contribution in [0.15, 0.2) is 46.2 Å². The van der Waals surface area contributed by atoms with Gasteiger partial charge >= 0.3 is 0 Å². The van der Waals surface area contributed by atoms with E-state index in [9.17, 15) is 0 Å². The molecule has 0 bridgehead atoms. The number of hydrogen-bond donors (Lipinski definition) is 0.